The molecule has 2 aromatic heterocycles. The zero-order valence-electron chi connectivity index (χ0n) is 32.7. The molecule has 0 radical (unpaired) electrons. The zero-order valence-corrected chi connectivity index (χ0v) is 34.3. The van der Waals surface area contributed by atoms with Crippen LogP contribution in [0.15, 0.2) is 59.1 Å². The minimum absolute atomic E-state index is 0.0136. The number of nitrogens with zero attached hydrogens (tertiary/aromatic N) is 5. The third-order valence-electron chi connectivity index (χ3n) is 12.7. The first kappa shape index (κ1) is 38.7. The van der Waals surface area contributed by atoms with Crippen molar-refractivity contribution >= 4 is 38.5 Å². The van der Waals surface area contributed by atoms with Crippen molar-refractivity contribution < 1.29 is 27.5 Å². The van der Waals surface area contributed by atoms with Crippen molar-refractivity contribution in [2.45, 2.75) is 75.8 Å². The molecular formula is C44H45ClN6O6S. The third-order valence-corrected chi connectivity index (χ3v) is 15.3. The summed E-state index contributed by atoms with van der Waals surface area (Å²) in [5, 5.41) is 21.8. The van der Waals surface area contributed by atoms with Crippen LogP contribution in [0.3, 0.4) is 0 Å². The molecule has 4 heterocycles. The number of furan rings is 1. The second-order valence-corrected chi connectivity index (χ2v) is 19.0. The van der Waals surface area contributed by atoms with Crippen LogP contribution in [0, 0.1) is 24.2 Å². The van der Waals surface area contributed by atoms with Crippen molar-refractivity contribution in [2.75, 3.05) is 33.3 Å². The first-order valence-electron chi connectivity index (χ1n) is 19.9. The Morgan fingerprint density at radius 3 is 2.57 bits per heavy atom. The van der Waals surface area contributed by atoms with Gasteiger partial charge < -0.3 is 14.3 Å². The highest BCUT2D eigenvalue weighted by Gasteiger charge is 2.51. The molecule has 0 bridgehead atoms. The smallest absolute Gasteiger partial charge is 0.240 e. The molecule has 12 nitrogen and oxygen atoms in total. The minimum atomic E-state index is -3.70. The van der Waals surface area contributed by atoms with Gasteiger partial charge in [0.1, 0.15) is 17.5 Å². The molecule has 2 N–H and O–H groups in total. The molecule has 4 aliphatic rings. The molecule has 14 heteroatoms. The Bertz CT molecular complexity index is 2630. The maximum Gasteiger partial charge on any atom is 0.240 e. The Morgan fingerprint density at radius 1 is 1.09 bits per heavy atom. The fraction of sp³-hybridized carbons (Fsp3) is 0.409. The molecule has 2 aliphatic heterocycles. The third kappa shape index (κ3) is 6.74. The first-order chi connectivity index (χ1) is 27.9. The number of rotatable bonds is 10. The summed E-state index contributed by atoms with van der Waals surface area (Å²) in [6.07, 6.45) is 5.35. The van der Waals surface area contributed by atoms with Crippen LogP contribution in [0.25, 0.3) is 44.7 Å². The van der Waals surface area contributed by atoms with Crippen molar-refractivity contribution in [1.82, 2.24) is 24.5 Å². The molecule has 1 amide bonds. The van der Waals surface area contributed by atoms with E-state index in [1.807, 2.05) is 49.4 Å². The van der Waals surface area contributed by atoms with Crippen LogP contribution >= 0.6 is 11.6 Å². The lowest BCUT2D eigenvalue weighted by molar-refractivity contribution is -0.122. The number of aliphatic hydroxyl groups is 1. The van der Waals surface area contributed by atoms with E-state index >= 15 is 0 Å². The van der Waals surface area contributed by atoms with E-state index in [9.17, 15) is 23.6 Å². The molecule has 9 rings (SSSR count). The molecule has 58 heavy (non-hydrogen) atoms. The number of aromatic nitrogens is 2. The lowest BCUT2D eigenvalue weighted by Gasteiger charge is -2.25. The number of carbonyl (C=O) groups is 1. The number of halogens is 1. The molecule has 3 aromatic carbocycles. The highest BCUT2D eigenvalue weighted by atomic mass is 35.5. The van der Waals surface area contributed by atoms with E-state index < -0.39 is 26.6 Å². The Labute approximate surface area is 342 Å². The van der Waals surface area contributed by atoms with Crippen molar-refractivity contribution in [3.8, 4) is 45.7 Å². The van der Waals surface area contributed by atoms with Crippen molar-refractivity contribution in [3.05, 3.63) is 87.7 Å². The predicted octanol–water partition coefficient (Wildman–Crippen LogP) is 6.94. The number of β-amino-alcohol motifs (C(OH)–C–C–N with tert-alkyl or cyclic N) is 1. The van der Waals surface area contributed by atoms with Gasteiger partial charge in [-0.3, -0.25) is 24.3 Å². The average molecular weight is 821 g/mol. The van der Waals surface area contributed by atoms with Crippen LogP contribution in [0.1, 0.15) is 73.0 Å². The number of nitrogens with one attached hydrogen (secondary N) is 1. The largest absolute Gasteiger partial charge is 0.480 e. The molecule has 300 valence electrons. The number of amides is 1. The second-order valence-electron chi connectivity index (χ2n) is 16.4. The highest BCUT2D eigenvalue weighted by Crippen LogP contribution is 2.46. The van der Waals surface area contributed by atoms with Crippen molar-refractivity contribution in [3.63, 3.8) is 0 Å². The van der Waals surface area contributed by atoms with Gasteiger partial charge in [-0.1, -0.05) is 48.0 Å². The lowest BCUT2D eigenvalue weighted by atomic mass is 9.93. The fourth-order valence-corrected chi connectivity index (χ4v) is 10.7. The van der Waals surface area contributed by atoms with Gasteiger partial charge in [0, 0.05) is 54.3 Å². The summed E-state index contributed by atoms with van der Waals surface area (Å²) in [7, 11) is -2.12. The number of fused-ring (bicyclic) bond motifs is 2. The molecule has 3 atom stereocenters. The number of methoxy groups -OCH3 is 1. The van der Waals surface area contributed by atoms with E-state index in [1.54, 1.807) is 20.2 Å². The first-order valence-corrected chi connectivity index (χ1v) is 21.7. The van der Waals surface area contributed by atoms with Crippen LogP contribution < -0.4 is 9.46 Å². The number of aliphatic hydroxyl groups excluding tert-OH is 1. The molecular weight excluding hydrogens is 776 g/mol. The van der Waals surface area contributed by atoms with Crippen LogP contribution in [0.4, 0.5) is 0 Å². The van der Waals surface area contributed by atoms with E-state index in [0.29, 0.717) is 96.6 Å². The standard InChI is InChI=1S/C44H45ClN6O6S/c1-25-29(32-8-5-9-33(40(32)45)36-21-47-37(43(48-36)56-3)24-50-16-13-28(52)23-50)6-4-7-30(25)39-19-27-18-34-31(35(20-46)41(27)57-39)10-11-38(34)51-17-12-26(22-51)42(53)49-58(54,55)44(2)14-15-44/h4-9,18-19,21,26,28,38,52H,10-17,22-24H2,1-3H3,(H,49,53)/t26-,28-,38-/m1/s1. The quantitative estimate of drug-likeness (QED) is 0.150. The molecule has 0 spiro atoms. The van der Waals surface area contributed by atoms with E-state index in [2.05, 4.69) is 26.7 Å². The number of carbonyl (C=O) groups excluding carboxylic acids is 1. The number of hydrogen-bond acceptors (Lipinski definition) is 11. The topological polar surface area (TPSA) is 162 Å². The molecule has 1 saturated carbocycles. The van der Waals surface area contributed by atoms with Gasteiger partial charge in [0.2, 0.25) is 21.8 Å². The number of likely N-dealkylation sites (tertiary alicyclic amines) is 2. The molecule has 2 saturated heterocycles. The van der Waals surface area contributed by atoms with Gasteiger partial charge in [-0.15, -0.1) is 0 Å². The van der Waals surface area contributed by atoms with Gasteiger partial charge in [0.05, 0.1) is 46.4 Å². The van der Waals surface area contributed by atoms with E-state index in [-0.39, 0.29) is 12.1 Å². The monoisotopic (exact) mass is 820 g/mol. The summed E-state index contributed by atoms with van der Waals surface area (Å²) in [5.74, 6) is 0.216. The summed E-state index contributed by atoms with van der Waals surface area (Å²) in [5.41, 5.74) is 8.68. The summed E-state index contributed by atoms with van der Waals surface area (Å²) in [6.45, 7) is 6.75. The van der Waals surface area contributed by atoms with Gasteiger partial charge in [-0.2, -0.15) is 5.26 Å². The maximum absolute atomic E-state index is 13.1. The maximum atomic E-state index is 13.1. The van der Waals surface area contributed by atoms with E-state index in [4.69, 9.17) is 30.7 Å². The van der Waals surface area contributed by atoms with Crippen LogP contribution in [0.2, 0.25) is 5.02 Å². The van der Waals surface area contributed by atoms with Crippen molar-refractivity contribution in [2.24, 2.45) is 5.92 Å². The number of ether oxygens (including phenoxy) is 1. The van der Waals surface area contributed by atoms with E-state index in [0.717, 1.165) is 58.2 Å². The Balaban J connectivity index is 0.986. The van der Waals surface area contributed by atoms with Gasteiger partial charge in [-0.25, -0.2) is 13.4 Å². The molecule has 0 unspecified atom stereocenters. The van der Waals surface area contributed by atoms with Gasteiger partial charge in [0.25, 0.3) is 0 Å². The lowest BCUT2D eigenvalue weighted by Crippen LogP contribution is -2.42. The van der Waals surface area contributed by atoms with Crippen LogP contribution in [-0.2, 0) is 27.8 Å². The Kier molecular flexibility index (Phi) is 9.84. The SMILES string of the molecule is COc1nc(-c2cccc(-c3cccc(-c4cc5cc6c(c(C#N)c5o4)CC[C@H]6N4CC[C@@H](C(=O)NS(=O)(=O)C5(C)CC5)C4)c3C)c2Cl)cnc1CN1CC[C@@H](O)C1. The number of benzene rings is 3. The van der Waals surface area contributed by atoms with Gasteiger partial charge >= 0.3 is 0 Å². The summed E-state index contributed by atoms with van der Waals surface area (Å²) < 4.78 is 39.2. The molecule has 3 fully saturated rings. The van der Waals surface area contributed by atoms with Crippen molar-refractivity contribution in [1.29, 1.82) is 5.26 Å². The predicted molar refractivity (Wildman–Crippen MR) is 220 cm³/mol. The number of sulfonamides is 1. The van der Waals surface area contributed by atoms with Gasteiger partial charge in [-0.05, 0) is 93.3 Å². The fourth-order valence-electron chi connectivity index (χ4n) is 9.04. The summed E-state index contributed by atoms with van der Waals surface area (Å²) >= 11 is 7.18. The normalized spacial score (nSPS) is 21.6. The zero-order chi connectivity index (χ0) is 40.5. The average Bonchev–Trinajstić information content (AvgIpc) is 3.67. The van der Waals surface area contributed by atoms with Crippen LogP contribution in [-0.4, -0.2) is 83.3 Å². The van der Waals surface area contributed by atoms with Gasteiger partial charge in [0.15, 0.2) is 5.58 Å². The Morgan fingerprint density at radius 2 is 1.84 bits per heavy atom. The van der Waals surface area contributed by atoms with E-state index in [1.165, 1.54) is 0 Å². The Hall–Kier alpha value is -4.84. The summed E-state index contributed by atoms with van der Waals surface area (Å²) in [6, 6.07) is 18.4. The van der Waals surface area contributed by atoms with Crippen LogP contribution in [0.5, 0.6) is 5.88 Å². The highest BCUT2D eigenvalue weighted by molar-refractivity contribution is 7.91. The molecule has 5 aromatic rings. The molecule has 2 aliphatic carbocycles. The second kappa shape index (κ2) is 14.8. The number of nitriles is 1. The minimum Gasteiger partial charge on any atom is -0.480 e. The number of hydrogen-bond donors (Lipinski definition) is 2. The summed E-state index contributed by atoms with van der Waals surface area (Å²) in [4.78, 5) is 27.0.